The van der Waals surface area contributed by atoms with Crippen molar-refractivity contribution in [2.75, 3.05) is 0 Å². The summed E-state index contributed by atoms with van der Waals surface area (Å²) in [5.41, 5.74) is 2.40. The lowest BCUT2D eigenvalue weighted by Crippen LogP contribution is -2.58. The normalized spacial score (nSPS) is 13.6. The molecule has 3 aromatic carbocycles. The predicted molar refractivity (Wildman–Crippen MR) is 138 cm³/mol. The first-order valence-electron chi connectivity index (χ1n) is 11.4. The number of nitrogens with one attached hydrogen (secondary N) is 3. The Balaban J connectivity index is 1.53. The molecule has 0 saturated heterocycles. The van der Waals surface area contributed by atoms with Gasteiger partial charge >= 0.3 is 6.09 Å². The number of benzene rings is 3. The first kappa shape index (κ1) is 24.4. The molecular formula is C28H28ClN3O3. The molecule has 0 saturated carbocycles. The number of halogens is 1. The summed E-state index contributed by atoms with van der Waals surface area (Å²) in [6, 6.07) is 24.3. The number of para-hydroxylation sites is 1. The van der Waals surface area contributed by atoms with E-state index >= 15 is 0 Å². The van der Waals surface area contributed by atoms with E-state index in [2.05, 4.69) is 15.6 Å². The van der Waals surface area contributed by atoms with Crippen molar-refractivity contribution in [1.29, 1.82) is 0 Å². The van der Waals surface area contributed by atoms with Crippen molar-refractivity contribution in [3.05, 3.63) is 107 Å². The maximum Gasteiger partial charge on any atom is 0.408 e. The van der Waals surface area contributed by atoms with Crippen molar-refractivity contribution in [1.82, 2.24) is 15.6 Å². The van der Waals surface area contributed by atoms with Crippen LogP contribution in [0, 0.1) is 0 Å². The van der Waals surface area contributed by atoms with Gasteiger partial charge in [0, 0.05) is 28.5 Å². The fraction of sp³-hybridized carbons (Fsp3) is 0.214. The van der Waals surface area contributed by atoms with Crippen molar-refractivity contribution in [3.63, 3.8) is 0 Å². The SMILES string of the molecule is CC(NC(=O)C(C)(Cc1c[nH]c2ccccc12)NC(=O)OCc1ccc(Cl)cc1)c1ccccc1. The number of fused-ring (bicyclic) bond motifs is 1. The zero-order chi connectivity index (χ0) is 24.8. The molecule has 2 unspecified atom stereocenters. The van der Waals surface area contributed by atoms with Crippen LogP contribution in [0.3, 0.4) is 0 Å². The number of H-pyrrole nitrogens is 1. The molecule has 0 aliphatic carbocycles. The van der Waals surface area contributed by atoms with Crippen LogP contribution in [0.4, 0.5) is 4.79 Å². The Morgan fingerprint density at radius 1 is 1.00 bits per heavy atom. The van der Waals surface area contributed by atoms with Gasteiger partial charge in [-0.05, 0) is 48.7 Å². The van der Waals surface area contributed by atoms with Crippen LogP contribution >= 0.6 is 11.6 Å². The van der Waals surface area contributed by atoms with E-state index in [9.17, 15) is 9.59 Å². The smallest absolute Gasteiger partial charge is 0.408 e. The fourth-order valence-electron chi connectivity index (χ4n) is 4.01. The van der Waals surface area contributed by atoms with Crippen molar-refractivity contribution < 1.29 is 14.3 Å². The van der Waals surface area contributed by atoms with Gasteiger partial charge in [0.25, 0.3) is 0 Å². The molecule has 1 heterocycles. The molecule has 2 amide bonds. The van der Waals surface area contributed by atoms with Gasteiger partial charge in [-0.15, -0.1) is 0 Å². The van der Waals surface area contributed by atoms with E-state index in [1.165, 1.54) is 0 Å². The molecule has 7 heteroatoms. The Kier molecular flexibility index (Phi) is 7.42. The van der Waals surface area contributed by atoms with E-state index in [0.717, 1.165) is 27.6 Å². The third-order valence-corrected chi connectivity index (χ3v) is 6.28. The molecule has 0 fully saturated rings. The predicted octanol–water partition coefficient (Wildman–Crippen LogP) is 5.93. The second-order valence-corrected chi connectivity index (χ2v) is 9.24. The van der Waals surface area contributed by atoms with Crippen LogP contribution in [0.2, 0.25) is 5.02 Å². The van der Waals surface area contributed by atoms with E-state index < -0.39 is 11.6 Å². The molecule has 0 aliphatic heterocycles. The fourth-order valence-corrected chi connectivity index (χ4v) is 4.14. The summed E-state index contributed by atoms with van der Waals surface area (Å²) in [4.78, 5) is 29.6. The molecule has 2 atom stereocenters. The van der Waals surface area contributed by atoms with Gasteiger partial charge in [-0.1, -0.05) is 72.3 Å². The zero-order valence-corrected chi connectivity index (χ0v) is 20.4. The Morgan fingerprint density at radius 2 is 1.69 bits per heavy atom. The number of alkyl carbamates (subject to hydrolysis) is 1. The Hall–Kier alpha value is -3.77. The van der Waals surface area contributed by atoms with Crippen molar-refractivity contribution >= 4 is 34.5 Å². The van der Waals surface area contributed by atoms with Gasteiger partial charge in [0.2, 0.25) is 5.91 Å². The van der Waals surface area contributed by atoms with Crippen molar-refractivity contribution in [2.24, 2.45) is 0 Å². The van der Waals surface area contributed by atoms with Gasteiger partial charge in [0.1, 0.15) is 12.1 Å². The molecule has 0 aliphatic rings. The highest BCUT2D eigenvalue weighted by Crippen LogP contribution is 2.24. The summed E-state index contributed by atoms with van der Waals surface area (Å²) in [6.07, 6.45) is 1.47. The minimum Gasteiger partial charge on any atom is -0.445 e. The van der Waals surface area contributed by atoms with Gasteiger partial charge < -0.3 is 20.4 Å². The van der Waals surface area contributed by atoms with Crippen LogP contribution in [0.15, 0.2) is 85.1 Å². The second-order valence-electron chi connectivity index (χ2n) is 8.80. The maximum atomic E-state index is 13.6. The van der Waals surface area contributed by atoms with Crippen LogP contribution < -0.4 is 10.6 Å². The lowest BCUT2D eigenvalue weighted by molar-refractivity contribution is -0.127. The van der Waals surface area contributed by atoms with Crippen molar-refractivity contribution in [2.45, 2.75) is 38.5 Å². The average Bonchev–Trinajstić information content (AvgIpc) is 3.26. The van der Waals surface area contributed by atoms with E-state index in [4.69, 9.17) is 16.3 Å². The Bertz CT molecular complexity index is 1300. The lowest BCUT2D eigenvalue weighted by Gasteiger charge is -2.31. The highest BCUT2D eigenvalue weighted by molar-refractivity contribution is 6.30. The number of hydrogen-bond donors (Lipinski definition) is 3. The number of ether oxygens (including phenoxy) is 1. The summed E-state index contributed by atoms with van der Waals surface area (Å²) in [6.45, 7) is 3.69. The van der Waals surface area contributed by atoms with Gasteiger partial charge in [0.05, 0.1) is 6.04 Å². The summed E-state index contributed by atoms with van der Waals surface area (Å²) in [5, 5.41) is 7.47. The Labute approximate surface area is 209 Å². The van der Waals surface area contributed by atoms with E-state index in [1.54, 1.807) is 31.2 Å². The van der Waals surface area contributed by atoms with E-state index in [-0.39, 0.29) is 25.0 Å². The lowest BCUT2D eigenvalue weighted by atomic mass is 9.91. The number of rotatable bonds is 8. The summed E-state index contributed by atoms with van der Waals surface area (Å²) in [7, 11) is 0. The average molecular weight is 490 g/mol. The molecule has 6 nitrogen and oxygen atoms in total. The molecule has 180 valence electrons. The van der Waals surface area contributed by atoms with E-state index in [0.29, 0.717) is 5.02 Å². The number of carbonyl (C=O) groups is 2. The maximum absolute atomic E-state index is 13.6. The molecule has 0 spiro atoms. The van der Waals surface area contributed by atoms with Gasteiger partial charge in [-0.2, -0.15) is 0 Å². The minimum atomic E-state index is -1.26. The summed E-state index contributed by atoms with van der Waals surface area (Å²) < 4.78 is 5.43. The summed E-state index contributed by atoms with van der Waals surface area (Å²) in [5.74, 6) is -0.303. The molecule has 1 aromatic heterocycles. The molecular weight excluding hydrogens is 462 g/mol. The number of amides is 2. The third-order valence-electron chi connectivity index (χ3n) is 6.03. The first-order chi connectivity index (χ1) is 16.8. The number of carbonyl (C=O) groups excluding carboxylic acids is 2. The highest BCUT2D eigenvalue weighted by Gasteiger charge is 2.37. The number of aromatic nitrogens is 1. The zero-order valence-electron chi connectivity index (χ0n) is 19.7. The van der Waals surface area contributed by atoms with Crippen LogP contribution in [-0.2, 0) is 22.6 Å². The van der Waals surface area contributed by atoms with Gasteiger partial charge in [-0.3, -0.25) is 4.79 Å². The second kappa shape index (κ2) is 10.7. The molecule has 4 rings (SSSR count). The van der Waals surface area contributed by atoms with Gasteiger partial charge in [0.15, 0.2) is 0 Å². The largest absolute Gasteiger partial charge is 0.445 e. The van der Waals surface area contributed by atoms with E-state index in [1.807, 2.05) is 67.7 Å². The standard InChI is InChI=1S/C28H28ClN3O3/c1-19(21-8-4-3-5-9-21)31-26(33)28(2,16-22-17-30-25-11-7-6-10-24(22)25)32-27(34)35-18-20-12-14-23(29)15-13-20/h3-15,17,19,30H,16,18H2,1-2H3,(H,31,33)(H,32,34). The van der Waals surface area contributed by atoms with Crippen LogP contribution in [-0.4, -0.2) is 22.5 Å². The summed E-state index contributed by atoms with van der Waals surface area (Å²) >= 11 is 5.92. The van der Waals surface area contributed by atoms with Crippen LogP contribution in [0.25, 0.3) is 10.9 Å². The topological polar surface area (TPSA) is 83.2 Å². The molecule has 0 bridgehead atoms. The molecule has 4 aromatic rings. The first-order valence-corrected chi connectivity index (χ1v) is 11.8. The molecule has 3 N–H and O–H groups in total. The number of hydrogen-bond acceptors (Lipinski definition) is 3. The van der Waals surface area contributed by atoms with Gasteiger partial charge in [-0.25, -0.2) is 4.79 Å². The highest BCUT2D eigenvalue weighted by atomic mass is 35.5. The molecule has 0 radical (unpaired) electrons. The van der Waals surface area contributed by atoms with Crippen molar-refractivity contribution in [3.8, 4) is 0 Å². The number of aromatic amines is 1. The van der Waals surface area contributed by atoms with Crippen LogP contribution in [0.5, 0.6) is 0 Å². The third kappa shape index (κ3) is 6.03. The quantitative estimate of drug-likeness (QED) is 0.287. The van der Waals surface area contributed by atoms with Crippen LogP contribution in [0.1, 0.15) is 36.6 Å². The minimum absolute atomic E-state index is 0.0637. The molecule has 35 heavy (non-hydrogen) atoms. The Morgan fingerprint density at radius 3 is 2.43 bits per heavy atom. The monoisotopic (exact) mass is 489 g/mol.